The van der Waals surface area contributed by atoms with E-state index in [0.717, 1.165) is 0 Å². The van der Waals surface area contributed by atoms with Gasteiger partial charge in [-0.3, -0.25) is 9.30 Å². The number of ether oxygens (including phenoxy) is 2. The second kappa shape index (κ2) is 4.82. The Balaban J connectivity index is 1.72. The number of morpholine rings is 1. The van der Waals surface area contributed by atoms with Gasteiger partial charge in [-0.25, -0.2) is 14.8 Å². The van der Waals surface area contributed by atoms with Crippen LogP contribution in [0.15, 0.2) is 17.0 Å². The maximum Gasteiger partial charge on any atom is 0.410 e. The molecule has 2 aliphatic rings. The molecule has 0 unspecified atom stereocenters. The zero-order chi connectivity index (χ0) is 15.4. The van der Waals surface area contributed by atoms with Gasteiger partial charge < -0.3 is 15.2 Å². The van der Waals surface area contributed by atoms with Gasteiger partial charge in [0, 0.05) is 12.4 Å². The molecule has 1 amide bonds. The van der Waals surface area contributed by atoms with E-state index in [-0.39, 0.29) is 24.3 Å². The molecule has 2 saturated heterocycles. The maximum atomic E-state index is 11.9. The Morgan fingerprint density at radius 2 is 2.32 bits per heavy atom. The van der Waals surface area contributed by atoms with Gasteiger partial charge in [-0.1, -0.05) is 0 Å². The molecule has 0 aliphatic carbocycles. The number of carbonyl (C=O) groups excluding carboxylic acids is 1. The predicted molar refractivity (Wildman–Crippen MR) is 80.2 cm³/mol. The third-order valence-corrected chi connectivity index (χ3v) is 4.70. The van der Waals surface area contributed by atoms with E-state index in [2.05, 4.69) is 25.9 Å². The first-order chi connectivity index (χ1) is 10.6. The lowest BCUT2D eigenvalue weighted by Crippen LogP contribution is -2.47. The average molecular weight is 368 g/mol. The van der Waals surface area contributed by atoms with Gasteiger partial charge in [-0.2, -0.15) is 0 Å². The van der Waals surface area contributed by atoms with E-state index in [9.17, 15) is 4.79 Å². The molecule has 2 aromatic rings. The number of nitrogens with two attached hydrogens (primary N) is 1. The zero-order valence-electron chi connectivity index (χ0n) is 11.8. The molecule has 8 nitrogen and oxygen atoms in total. The van der Waals surface area contributed by atoms with Crippen LogP contribution >= 0.6 is 15.9 Å². The van der Waals surface area contributed by atoms with Crippen molar-refractivity contribution in [3.8, 4) is 0 Å². The fourth-order valence-electron chi connectivity index (χ4n) is 3.00. The third kappa shape index (κ3) is 1.88. The number of amides is 1. The minimum atomic E-state index is -0.338. The molecular weight excluding hydrogens is 354 g/mol. The topological polar surface area (TPSA) is 95.0 Å². The summed E-state index contributed by atoms with van der Waals surface area (Å²) in [6, 6.07) is -0.0369. The molecular formula is C13H14BrN5O3. The SMILES string of the molecule is C[C@@H]1OC(=O)N2C[C@H](c3nc(Br)c4c(N)nccn34)OC[C@@H]12. The van der Waals surface area contributed by atoms with Crippen molar-refractivity contribution in [2.24, 2.45) is 0 Å². The Morgan fingerprint density at radius 3 is 3.14 bits per heavy atom. The number of nitrogens with zero attached hydrogens (tertiary/aromatic N) is 4. The normalized spacial score (nSPS) is 28.0. The summed E-state index contributed by atoms with van der Waals surface area (Å²) < 4.78 is 13.6. The molecule has 9 heteroatoms. The molecule has 0 aromatic carbocycles. The number of hydrogen-bond donors (Lipinski definition) is 1. The van der Waals surface area contributed by atoms with Gasteiger partial charge in [0.1, 0.15) is 28.2 Å². The van der Waals surface area contributed by atoms with Crippen LogP contribution in [0.1, 0.15) is 18.9 Å². The number of carbonyl (C=O) groups is 1. The van der Waals surface area contributed by atoms with E-state index in [1.807, 2.05) is 11.3 Å². The number of halogens is 1. The van der Waals surface area contributed by atoms with Crippen molar-refractivity contribution < 1.29 is 14.3 Å². The van der Waals surface area contributed by atoms with Crippen LogP contribution in [0.2, 0.25) is 0 Å². The summed E-state index contributed by atoms with van der Waals surface area (Å²) in [5.74, 6) is 1.07. The molecule has 0 spiro atoms. The van der Waals surface area contributed by atoms with Crippen molar-refractivity contribution >= 4 is 33.4 Å². The maximum absolute atomic E-state index is 11.9. The lowest BCUT2D eigenvalue weighted by atomic mass is 10.1. The Bertz CT molecular complexity index is 763. The van der Waals surface area contributed by atoms with Crippen LogP contribution in [0.5, 0.6) is 0 Å². The first kappa shape index (κ1) is 13.8. The minimum absolute atomic E-state index is 0.0369. The van der Waals surface area contributed by atoms with E-state index >= 15 is 0 Å². The van der Waals surface area contributed by atoms with Crippen LogP contribution in [0.4, 0.5) is 10.6 Å². The fraction of sp³-hybridized carbons (Fsp3) is 0.462. The van der Waals surface area contributed by atoms with Gasteiger partial charge in [0.25, 0.3) is 0 Å². The molecule has 4 rings (SSSR count). The standard InChI is InChI=1S/C13H14BrN5O3/c1-6-7-5-21-8(4-19(7)13(20)22-6)12-17-10(14)9-11(15)16-2-3-18(9)12/h2-3,6-8H,4-5H2,1H3,(H2,15,16)/t6-,7-,8+/m0/s1. The number of hydrogen-bond acceptors (Lipinski definition) is 6. The van der Waals surface area contributed by atoms with Crippen LogP contribution in [0.25, 0.3) is 5.52 Å². The molecule has 2 fully saturated rings. The quantitative estimate of drug-likeness (QED) is 0.817. The molecule has 22 heavy (non-hydrogen) atoms. The Morgan fingerprint density at radius 1 is 1.50 bits per heavy atom. The van der Waals surface area contributed by atoms with E-state index in [0.29, 0.717) is 34.9 Å². The van der Waals surface area contributed by atoms with Crippen LogP contribution in [-0.4, -0.2) is 50.7 Å². The average Bonchev–Trinajstić information content (AvgIpc) is 2.98. The van der Waals surface area contributed by atoms with Crippen LogP contribution in [-0.2, 0) is 9.47 Å². The summed E-state index contributed by atoms with van der Waals surface area (Å²) >= 11 is 3.40. The highest BCUT2D eigenvalue weighted by Gasteiger charge is 2.44. The highest BCUT2D eigenvalue weighted by atomic mass is 79.9. The van der Waals surface area contributed by atoms with Crippen molar-refractivity contribution in [1.82, 2.24) is 19.3 Å². The Kier molecular flexibility index (Phi) is 3.01. The van der Waals surface area contributed by atoms with Crippen LogP contribution < -0.4 is 5.73 Å². The number of imidazole rings is 1. The Hall–Kier alpha value is -1.87. The van der Waals surface area contributed by atoms with Crippen molar-refractivity contribution in [2.75, 3.05) is 18.9 Å². The smallest absolute Gasteiger partial charge is 0.410 e. The second-order valence-corrected chi connectivity index (χ2v) is 6.17. The zero-order valence-corrected chi connectivity index (χ0v) is 13.4. The molecule has 3 atom stereocenters. The molecule has 2 N–H and O–H groups in total. The highest BCUT2D eigenvalue weighted by Crippen LogP contribution is 2.33. The third-order valence-electron chi connectivity index (χ3n) is 4.15. The molecule has 2 aromatic heterocycles. The molecule has 0 bridgehead atoms. The summed E-state index contributed by atoms with van der Waals surface area (Å²) in [5.41, 5.74) is 6.59. The number of anilines is 1. The number of rotatable bonds is 1. The summed E-state index contributed by atoms with van der Waals surface area (Å²) in [4.78, 5) is 22.2. The number of cyclic esters (lactones) is 1. The van der Waals surface area contributed by atoms with Crippen molar-refractivity contribution in [1.29, 1.82) is 0 Å². The molecule has 2 aliphatic heterocycles. The summed E-state index contributed by atoms with van der Waals surface area (Å²) in [7, 11) is 0. The van der Waals surface area contributed by atoms with Crippen molar-refractivity contribution in [2.45, 2.75) is 25.2 Å². The van der Waals surface area contributed by atoms with Crippen molar-refractivity contribution in [3.63, 3.8) is 0 Å². The summed E-state index contributed by atoms with van der Waals surface area (Å²) in [6.07, 6.45) is 2.59. The van der Waals surface area contributed by atoms with Crippen LogP contribution in [0.3, 0.4) is 0 Å². The van der Waals surface area contributed by atoms with Gasteiger partial charge in [0.15, 0.2) is 5.82 Å². The number of nitrogen functional groups attached to an aromatic ring is 1. The van der Waals surface area contributed by atoms with E-state index < -0.39 is 0 Å². The van der Waals surface area contributed by atoms with Gasteiger partial charge in [0.2, 0.25) is 0 Å². The minimum Gasteiger partial charge on any atom is -0.444 e. The van der Waals surface area contributed by atoms with Crippen LogP contribution in [0, 0.1) is 0 Å². The molecule has 116 valence electrons. The Labute approximate surface area is 134 Å². The largest absolute Gasteiger partial charge is 0.444 e. The molecule has 0 saturated carbocycles. The highest BCUT2D eigenvalue weighted by molar-refractivity contribution is 9.10. The van der Waals surface area contributed by atoms with Crippen molar-refractivity contribution in [3.05, 3.63) is 22.8 Å². The first-order valence-corrected chi connectivity index (χ1v) is 7.72. The van der Waals surface area contributed by atoms with Gasteiger partial charge in [0.05, 0.1) is 19.2 Å². The summed E-state index contributed by atoms with van der Waals surface area (Å²) in [6.45, 7) is 2.70. The number of aromatic nitrogens is 3. The van der Waals surface area contributed by atoms with E-state index in [1.165, 1.54) is 0 Å². The molecule has 0 radical (unpaired) electrons. The lowest BCUT2D eigenvalue weighted by molar-refractivity contribution is -0.0471. The van der Waals surface area contributed by atoms with Gasteiger partial charge in [-0.05, 0) is 22.9 Å². The predicted octanol–water partition coefficient (Wildman–Crippen LogP) is 1.35. The number of fused-ring (bicyclic) bond motifs is 2. The van der Waals surface area contributed by atoms with Gasteiger partial charge >= 0.3 is 6.09 Å². The monoisotopic (exact) mass is 367 g/mol. The molecule has 4 heterocycles. The van der Waals surface area contributed by atoms with Gasteiger partial charge in [-0.15, -0.1) is 0 Å². The summed E-state index contributed by atoms with van der Waals surface area (Å²) in [5, 5.41) is 0. The second-order valence-electron chi connectivity index (χ2n) is 5.42. The lowest BCUT2D eigenvalue weighted by Gasteiger charge is -2.33. The van der Waals surface area contributed by atoms with E-state index in [1.54, 1.807) is 17.3 Å². The first-order valence-electron chi connectivity index (χ1n) is 6.93. The van der Waals surface area contributed by atoms with E-state index in [4.69, 9.17) is 15.2 Å². The fourth-order valence-corrected chi connectivity index (χ4v) is 3.58.